The van der Waals surface area contributed by atoms with Crippen molar-refractivity contribution in [2.75, 3.05) is 40.4 Å². The minimum Gasteiger partial charge on any atom is -0.377 e. The number of ether oxygens (including phenoxy) is 1. The first-order valence-corrected chi connectivity index (χ1v) is 7.86. The van der Waals surface area contributed by atoms with E-state index in [0.29, 0.717) is 24.8 Å². The zero-order valence-electron chi connectivity index (χ0n) is 12.3. The van der Waals surface area contributed by atoms with E-state index < -0.39 is 0 Å². The van der Waals surface area contributed by atoms with E-state index >= 15 is 0 Å². The summed E-state index contributed by atoms with van der Waals surface area (Å²) < 4.78 is 6.57. The molecule has 6 heteroatoms. The maximum absolute atomic E-state index is 12.8. The smallest absolute Gasteiger partial charge is 0.283 e. The average Bonchev–Trinajstić information content (AvgIpc) is 2.90. The molecule has 21 heavy (non-hydrogen) atoms. The number of likely N-dealkylation sites (N-methyl/N-ethyl adjacent to an activating group) is 1. The Morgan fingerprint density at radius 1 is 1.48 bits per heavy atom. The van der Waals surface area contributed by atoms with Crippen LogP contribution < -0.4 is 0 Å². The number of aromatic nitrogens is 1. The molecular weight excluding hydrogens is 286 g/mol. The van der Waals surface area contributed by atoms with E-state index in [-0.39, 0.29) is 11.9 Å². The molecule has 0 unspecified atom stereocenters. The molecule has 1 fully saturated rings. The first kappa shape index (κ1) is 14.4. The van der Waals surface area contributed by atoms with Crippen LogP contribution in [0.1, 0.15) is 9.80 Å². The van der Waals surface area contributed by atoms with Gasteiger partial charge >= 0.3 is 0 Å². The van der Waals surface area contributed by atoms with E-state index in [1.807, 2.05) is 43.3 Å². The van der Waals surface area contributed by atoms with Gasteiger partial charge < -0.3 is 14.5 Å². The summed E-state index contributed by atoms with van der Waals surface area (Å²) in [7, 11) is 4.02. The Bertz CT molecular complexity index is 608. The number of morpholine rings is 1. The monoisotopic (exact) mass is 305 g/mol. The number of carbonyl (C=O) groups is 1. The lowest BCUT2D eigenvalue weighted by Gasteiger charge is -2.36. The van der Waals surface area contributed by atoms with Gasteiger partial charge in [-0.3, -0.25) is 4.79 Å². The summed E-state index contributed by atoms with van der Waals surface area (Å²) in [6, 6.07) is 7.95. The van der Waals surface area contributed by atoms with Crippen LogP contribution in [0.25, 0.3) is 10.2 Å². The normalized spacial score (nSPS) is 19.4. The molecule has 112 valence electrons. The minimum atomic E-state index is 0.0198. The third-order valence-corrected chi connectivity index (χ3v) is 4.57. The number of amides is 1. The summed E-state index contributed by atoms with van der Waals surface area (Å²) >= 11 is 1.46. The summed E-state index contributed by atoms with van der Waals surface area (Å²) in [5, 5.41) is 0.571. The molecule has 3 rings (SSSR count). The van der Waals surface area contributed by atoms with Crippen LogP contribution in [0.5, 0.6) is 0 Å². The highest BCUT2D eigenvalue weighted by Gasteiger charge is 2.30. The van der Waals surface area contributed by atoms with Gasteiger partial charge in [0, 0.05) is 13.1 Å². The molecule has 0 N–H and O–H groups in total. The predicted octanol–water partition coefficient (Wildman–Crippen LogP) is 1.70. The largest absolute Gasteiger partial charge is 0.377 e. The van der Waals surface area contributed by atoms with E-state index in [9.17, 15) is 4.79 Å². The zero-order valence-corrected chi connectivity index (χ0v) is 13.1. The molecule has 0 saturated carbocycles. The lowest BCUT2D eigenvalue weighted by molar-refractivity contribution is -0.00830. The van der Waals surface area contributed by atoms with Crippen LogP contribution in [0.4, 0.5) is 0 Å². The predicted molar refractivity (Wildman–Crippen MR) is 83.8 cm³/mol. The van der Waals surface area contributed by atoms with E-state index in [2.05, 4.69) is 9.88 Å². The number of rotatable bonds is 3. The lowest BCUT2D eigenvalue weighted by atomic mass is 10.2. The third kappa shape index (κ3) is 3.07. The van der Waals surface area contributed by atoms with E-state index in [0.717, 1.165) is 16.8 Å². The van der Waals surface area contributed by atoms with Gasteiger partial charge in [0.25, 0.3) is 5.91 Å². The Morgan fingerprint density at radius 2 is 2.29 bits per heavy atom. The summed E-state index contributed by atoms with van der Waals surface area (Å²) in [6.07, 6.45) is 0. The van der Waals surface area contributed by atoms with Crippen LogP contribution in [0, 0.1) is 0 Å². The van der Waals surface area contributed by atoms with Crippen LogP contribution in [0.15, 0.2) is 24.3 Å². The summed E-state index contributed by atoms with van der Waals surface area (Å²) in [4.78, 5) is 21.2. The summed E-state index contributed by atoms with van der Waals surface area (Å²) in [5.74, 6) is 0.0198. The lowest BCUT2D eigenvalue weighted by Crippen LogP contribution is -2.52. The summed E-state index contributed by atoms with van der Waals surface area (Å²) in [5.41, 5.74) is 0.892. The highest BCUT2D eigenvalue weighted by Crippen LogP contribution is 2.24. The molecular formula is C15H19N3O2S. The van der Waals surface area contributed by atoms with Crippen molar-refractivity contribution >= 4 is 27.5 Å². The second kappa shape index (κ2) is 6.09. The van der Waals surface area contributed by atoms with Crippen molar-refractivity contribution < 1.29 is 9.53 Å². The topological polar surface area (TPSA) is 45.7 Å². The van der Waals surface area contributed by atoms with Crippen molar-refractivity contribution in [3.05, 3.63) is 29.3 Å². The molecule has 0 bridgehead atoms. The van der Waals surface area contributed by atoms with Gasteiger partial charge in [-0.1, -0.05) is 12.1 Å². The SMILES string of the molecule is CN(C)C[C@@H]1COCCN1C(=O)c1nc2ccccc2s1. The van der Waals surface area contributed by atoms with Gasteiger partial charge in [-0.25, -0.2) is 4.98 Å². The number of thiazole rings is 1. The van der Waals surface area contributed by atoms with Gasteiger partial charge in [-0.05, 0) is 26.2 Å². The van der Waals surface area contributed by atoms with Crippen molar-refractivity contribution in [1.82, 2.24) is 14.8 Å². The van der Waals surface area contributed by atoms with Crippen molar-refractivity contribution in [2.45, 2.75) is 6.04 Å². The van der Waals surface area contributed by atoms with E-state index in [1.54, 1.807) is 0 Å². The van der Waals surface area contributed by atoms with Gasteiger partial charge in [0.15, 0.2) is 5.01 Å². The van der Waals surface area contributed by atoms with Crippen molar-refractivity contribution in [1.29, 1.82) is 0 Å². The van der Waals surface area contributed by atoms with Crippen LogP contribution in [0.2, 0.25) is 0 Å². The molecule has 1 aromatic carbocycles. The molecule has 1 aliphatic heterocycles. The fourth-order valence-corrected chi connectivity index (χ4v) is 3.50. The second-order valence-electron chi connectivity index (χ2n) is 5.48. The Balaban J connectivity index is 1.84. The molecule has 5 nitrogen and oxygen atoms in total. The number of hydrogen-bond acceptors (Lipinski definition) is 5. The highest BCUT2D eigenvalue weighted by atomic mass is 32.1. The second-order valence-corrected chi connectivity index (χ2v) is 6.51. The molecule has 0 spiro atoms. The van der Waals surface area contributed by atoms with Gasteiger partial charge in [0.2, 0.25) is 0 Å². The molecule has 1 saturated heterocycles. The molecule has 0 aliphatic carbocycles. The average molecular weight is 305 g/mol. The number of nitrogens with zero attached hydrogens (tertiary/aromatic N) is 3. The molecule has 1 aromatic heterocycles. The van der Waals surface area contributed by atoms with Gasteiger partial charge in [0.05, 0.1) is 29.5 Å². The fourth-order valence-electron chi connectivity index (χ4n) is 2.58. The van der Waals surface area contributed by atoms with Gasteiger partial charge in [-0.2, -0.15) is 0 Å². The minimum absolute atomic E-state index is 0.0198. The Labute approximate surface area is 128 Å². The van der Waals surface area contributed by atoms with Crippen LogP contribution >= 0.6 is 11.3 Å². The van der Waals surface area contributed by atoms with Crippen LogP contribution in [-0.4, -0.2) is 67.1 Å². The number of fused-ring (bicyclic) bond motifs is 1. The third-order valence-electron chi connectivity index (χ3n) is 3.54. The molecule has 1 amide bonds. The first-order chi connectivity index (χ1) is 10.1. The number of benzene rings is 1. The maximum atomic E-state index is 12.8. The van der Waals surface area contributed by atoms with Crippen molar-refractivity contribution in [3.63, 3.8) is 0 Å². The Morgan fingerprint density at radius 3 is 3.05 bits per heavy atom. The van der Waals surface area contributed by atoms with Crippen LogP contribution in [-0.2, 0) is 4.74 Å². The highest BCUT2D eigenvalue weighted by molar-refractivity contribution is 7.20. The van der Waals surface area contributed by atoms with E-state index in [1.165, 1.54) is 11.3 Å². The molecule has 1 aliphatic rings. The molecule has 2 heterocycles. The first-order valence-electron chi connectivity index (χ1n) is 7.04. The molecule has 1 atom stereocenters. The van der Waals surface area contributed by atoms with Gasteiger partial charge in [-0.15, -0.1) is 11.3 Å². The van der Waals surface area contributed by atoms with Crippen LogP contribution in [0.3, 0.4) is 0 Å². The number of hydrogen-bond donors (Lipinski definition) is 0. The standard InChI is InChI=1S/C15H19N3O2S/c1-17(2)9-11-10-20-8-7-18(11)15(19)14-16-12-5-3-4-6-13(12)21-14/h3-6,11H,7-10H2,1-2H3/t11-/m1/s1. The fraction of sp³-hybridized carbons (Fsp3) is 0.467. The Kier molecular flexibility index (Phi) is 4.19. The quantitative estimate of drug-likeness (QED) is 0.866. The number of carbonyl (C=O) groups excluding carboxylic acids is 1. The van der Waals surface area contributed by atoms with Crippen molar-refractivity contribution in [3.8, 4) is 0 Å². The maximum Gasteiger partial charge on any atom is 0.283 e. The summed E-state index contributed by atoms with van der Waals surface area (Å²) in [6.45, 7) is 2.62. The van der Waals surface area contributed by atoms with E-state index in [4.69, 9.17) is 4.74 Å². The molecule has 0 radical (unpaired) electrons. The Hall–Kier alpha value is -1.50. The van der Waals surface area contributed by atoms with Gasteiger partial charge in [0.1, 0.15) is 0 Å². The van der Waals surface area contributed by atoms with Crippen molar-refractivity contribution in [2.24, 2.45) is 0 Å². The molecule has 2 aromatic rings. The zero-order chi connectivity index (χ0) is 14.8. The number of para-hydroxylation sites is 1.